The number of halogens is 2. The monoisotopic (exact) mass is 500 g/mol. The third-order valence-corrected chi connectivity index (χ3v) is 8.06. The number of benzene rings is 2. The Morgan fingerprint density at radius 3 is 2.28 bits per heavy atom. The fourth-order valence-corrected chi connectivity index (χ4v) is 5.70. The van der Waals surface area contributed by atoms with Crippen molar-refractivity contribution in [3.63, 3.8) is 0 Å². The number of aliphatic carboxylic acids is 1. The van der Waals surface area contributed by atoms with Crippen molar-refractivity contribution in [3.8, 4) is 0 Å². The Bertz CT molecular complexity index is 1100. The maximum Gasteiger partial charge on any atom is 0.306 e. The molecule has 0 radical (unpaired) electrons. The second-order valence-corrected chi connectivity index (χ2v) is 10.6. The van der Waals surface area contributed by atoms with E-state index in [-0.39, 0.29) is 28.9 Å². The Labute approximate surface area is 196 Å². The largest absolute Gasteiger partial charge is 0.481 e. The third-order valence-electron chi connectivity index (χ3n) is 5.68. The molecule has 0 aromatic heterocycles. The Hall–Kier alpha value is -2.20. The lowest BCUT2D eigenvalue weighted by Crippen LogP contribution is -2.36. The third kappa shape index (κ3) is 5.78. The molecule has 0 aliphatic heterocycles. The molecule has 0 heterocycles. The SMILES string of the molecule is O=C(O)C1CCC(CN(Cc2ccc(Cl)cc2)S(=O)(=O)c2ccc(Cl)c([N+](=O)[O-])c2)CC1. The van der Waals surface area contributed by atoms with E-state index in [1.807, 2.05) is 0 Å². The highest BCUT2D eigenvalue weighted by Crippen LogP contribution is 2.33. The molecule has 1 aliphatic rings. The van der Waals surface area contributed by atoms with Crippen LogP contribution in [0.4, 0.5) is 5.69 Å². The first kappa shape index (κ1) is 24.4. The van der Waals surface area contributed by atoms with E-state index in [1.165, 1.54) is 16.4 Å². The predicted octanol–water partition coefficient (Wildman–Crippen LogP) is 4.98. The molecule has 0 spiro atoms. The van der Waals surface area contributed by atoms with E-state index in [2.05, 4.69) is 0 Å². The molecule has 0 bridgehead atoms. The summed E-state index contributed by atoms with van der Waals surface area (Å²) in [5.74, 6) is -1.26. The number of carboxylic acid groups (broad SMARTS) is 1. The minimum Gasteiger partial charge on any atom is -0.481 e. The van der Waals surface area contributed by atoms with Crippen molar-refractivity contribution in [2.75, 3.05) is 6.54 Å². The lowest BCUT2D eigenvalue weighted by atomic mass is 9.82. The topological polar surface area (TPSA) is 118 Å². The zero-order valence-corrected chi connectivity index (χ0v) is 19.3. The predicted molar refractivity (Wildman–Crippen MR) is 120 cm³/mol. The zero-order chi connectivity index (χ0) is 23.5. The van der Waals surface area contributed by atoms with Gasteiger partial charge >= 0.3 is 5.97 Å². The van der Waals surface area contributed by atoms with Crippen LogP contribution in [0.5, 0.6) is 0 Å². The van der Waals surface area contributed by atoms with Crippen LogP contribution in [0, 0.1) is 22.0 Å². The van der Waals surface area contributed by atoms with Crippen molar-refractivity contribution in [1.82, 2.24) is 4.31 Å². The molecule has 11 heteroatoms. The molecule has 32 heavy (non-hydrogen) atoms. The van der Waals surface area contributed by atoms with Gasteiger partial charge in [0.1, 0.15) is 5.02 Å². The number of rotatable bonds is 8. The average Bonchev–Trinajstić information content (AvgIpc) is 2.75. The molecule has 3 rings (SSSR count). The van der Waals surface area contributed by atoms with Crippen molar-refractivity contribution in [1.29, 1.82) is 0 Å². The lowest BCUT2D eigenvalue weighted by molar-refractivity contribution is -0.384. The second-order valence-electron chi connectivity index (χ2n) is 7.85. The molecule has 1 aliphatic carbocycles. The minimum atomic E-state index is -4.09. The summed E-state index contributed by atoms with van der Waals surface area (Å²) >= 11 is 11.8. The van der Waals surface area contributed by atoms with E-state index in [0.717, 1.165) is 6.07 Å². The smallest absolute Gasteiger partial charge is 0.306 e. The van der Waals surface area contributed by atoms with Gasteiger partial charge in [-0.25, -0.2) is 8.42 Å². The average molecular weight is 501 g/mol. The number of carboxylic acids is 1. The Kier molecular flexibility index (Phi) is 7.76. The molecular weight excluding hydrogens is 479 g/mol. The van der Waals surface area contributed by atoms with E-state index in [1.54, 1.807) is 24.3 Å². The van der Waals surface area contributed by atoms with Gasteiger partial charge in [0.05, 0.1) is 15.7 Å². The van der Waals surface area contributed by atoms with Crippen molar-refractivity contribution in [2.24, 2.45) is 11.8 Å². The fraction of sp³-hybridized carbons (Fsp3) is 0.381. The van der Waals surface area contributed by atoms with Crippen molar-refractivity contribution in [2.45, 2.75) is 37.1 Å². The van der Waals surface area contributed by atoms with Crippen LogP contribution in [0.3, 0.4) is 0 Å². The van der Waals surface area contributed by atoms with E-state index in [0.29, 0.717) is 36.3 Å². The maximum atomic E-state index is 13.5. The molecule has 172 valence electrons. The maximum absolute atomic E-state index is 13.5. The highest BCUT2D eigenvalue weighted by molar-refractivity contribution is 7.89. The second kappa shape index (κ2) is 10.2. The standard InChI is InChI=1S/C21H22Cl2N2O6S/c22-17-7-3-15(4-8-17)13-24(12-14-1-5-16(6-2-14)21(26)27)32(30,31)18-9-10-19(23)20(11-18)25(28)29/h3-4,7-11,14,16H,1-2,5-6,12-13H2,(H,26,27). The number of nitrogens with zero attached hydrogens (tertiary/aromatic N) is 2. The molecule has 2 aromatic carbocycles. The number of nitro groups is 1. The van der Waals surface area contributed by atoms with Crippen molar-refractivity contribution >= 4 is 44.9 Å². The van der Waals surface area contributed by atoms with E-state index in [9.17, 15) is 28.4 Å². The van der Waals surface area contributed by atoms with Gasteiger partial charge in [-0.3, -0.25) is 14.9 Å². The van der Waals surface area contributed by atoms with Crippen LogP contribution in [-0.2, 0) is 21.4 Å². The van der Waals surface area contributed by atoms with Crippen molar-refractivity contribution in [3.05, 3.63) is 68.2 Å². The first-order valence-corrected chi connectivity index (χ1v) is 12.2. The molecule has 1 fully saturated rings. The number of hydrogen-bond donors (Lipinski definition) is 1. The van der Waals surface area contributed by atoms with Gasteiger partial charge in [-0.2, -0.15) is 4.31 Å². The molecule has 1 N–H and O–H groups in total. The Morgan fingerprint density at radius 2 is 1.72 bits per heavy atom. The van der Waals surface area contributed by atoms with Gasteiger partial charge in [0.25, 0.3) is 5.69 Å². The van der Waals surface area contributed by atoms with Gasteiger partial charge in [-0.15, -0.1) is 0 Å². The summed E-state index contributed by atoms with van der Waals surface area (Å²) in [5, 5.41) is 20.8. The van der Waals surface area contributed by atoms with E-state index >= 15 is 0 Å². The quantitative estimate of drug-likeness (QED) is 0.403. The minimum absolute atomic E-state index is 0.0186. The molecule has 0 amide bonds. The van der Waals surface area contributed by atoms with E-state index in [4.69, 9.17) is 23.2 Å². The van der Waals surface area contributed by atoms with Crippen LogP contribution in [0.25, 0.3) is 0 Å². The van der Waals surface area contributed by atoms with Gasteiger partial charge in [-0.1, -0.05) is 35.3 Å². The zero-order valence-electron chi connectivity index (χ0n) is 17.0. The Morgan fingerprint density at radius 1 is 1.09 bits per heavy atom. The van der Waals surface area contributed by atoms with Gasteiger partial charge in [0.15, 0.2) is 0 Å². The van der Waals surface area contributed by atoms with Gasteiger partial charge in [0, 0.05) is 24.2 Å². The van der Waals surface area contributed by atoms with Gasteiger partial charge in [-0.05, 0) is 61.4 Å². The summed E-state index contributed by atoms with van der Waals surface area (Å²) in [7, 11) is -4.09. The normalized spacial score (nSPS) is 19.1. The number of carbonyl (C=O) groups is 1. The first-order valence-electron chi connectivity index (χ1n) is 9.99. The van der Waals surface area contributed by atoms with Crippen molar-refractivity contribution < 1.29 is 23.2 Å². The lowest BCUT2D eigenvalue weighted by Gasteiger charge is -2.31. The summed E-state index contributed by atoms with van der Waals surface area (Å²) in [5.41, 5.74) is 0.224. The highest BCUT2D eigenvalue weighted by Gasteiger charge is 2.32. The van der Waals surface area contributed by atoms with Crippen LogP contribution < -0.4 is 0 Å². The molecule has 0 saturated heterocycles. The van der Waals surface area contributed by atoms with Crippen LogP contribution in [-0.4, -0.2) is 35.3 Å². The van der Waals surface area contributed by atoms with Gasteiger partial charge < -0.3 is 5.11 Å². The summed E-state index contributed by atoms with van der Waals surface area (Å²) < 4.78 is 28.2. The summed E-state index contributed by atoms with van der Waals surface area (Å²) in [4.78, 5) is 21.5. The van der Waals surface area contributed by atoms with Crippen LogP contribution in [0.1, 0.15) is 31.2 Å². The van der Waals surface area contributed by atoms with Crippen LogP contribution >= 0.6 is 23.2 Å². The summed E-state index contributed by atoms with van der Waals surface area (Å²) in [6.45, 7) is 0.225. The molecule has 2 aromatic rings. The fourth-order valence-electron chi connectivity index (χ4n) is 3.86. The highest BCUT2D eigenvalue weighted by atomic mass is 35.5. The van der Waals surface area contributed by atoms with Gasteiger partial charge in [0.2, 0.25) is 10.0 Å². The van der Waals surface area contributed by atoms with E-state index < -0.39 is 32.5 Å². The number of sulfonamides is 1. The molecule has 8 nitrogen and oxygen atoms in total. The molecular formula is C21H22Cl2N2O6S. The molecule has 0 atom stereocenters. The number of hydrogen-bond acceptors (Lipinski definition) is 5. The van der Waals surface area contributed by atoms with Crippen LogP contribution in [0.15, 0.2) is 47.4 Å². The van der Waals surface area contributed by atoms with Crippen LogP contribution in [0.2, 0.25) is 10.0 Å². The summed E-state index contributed by atoms with van der Waals surface area (Å²) in [6.07, 6.45) is 2.15. The molecule has 0 unspecified atom stereocenters. The summed E-state index contributed by atoms with van der Waals surface area (Å²) in [6, 6.07) is 10.2. The molecule has 1 saturated carbocycles. The first-order chi connectivity index (χ1) is 15.1. The number of nitro benzene ring substituents is 1. The Balaban J connectivity index is 1.90.